The first kappa shape index (κ1) is 14.6. The van der Waals surface area contributed by atoms with Crippen LogP contribution in [0.5, 0.6) is 5.75 Å². The topological polar surface area (TPSA) is 34.1 Å². The van der Waals surface area contributed by atoms with E-state index in [9.17, 15) is 0 Å². The first-order chi connectivity index (χ1) is 10.2. The fourth-order valence-corrected chi connectivity index (χ4v) is 4.23. The number of anilines is 1. The van der Waals surface area contributed by atoms with Crippen LogP contribution in [0.2, 0.25) is 0 Å². The molecule has 2 unspecified atom stereocenters. The van der Waals surface area contributed by atoms with Gasteiger partial charge in [-0.25, -0.2) is 4.98 Å². The molecule has 0 spiro atoms. The number of thiazole rings is 1. The first-order valence-corrected chi connectivity index (χ1v) is 8.74. The van der Waals surface area contributed by atoms with E-state index in [2.05, 4.69) is 23.3 Å². The van der Waals surface area contributed by atoms with Crippen molar-refractivity contribution in [3.8, 4) is 5.75 Å². The van der Waals surface area contributed by atoms with Crippen LogP contribution in [0.4, 0.5) is 5.13 Å². The zero-order chi connectivity index (χ0) is 14.7. The average molecular weight is 304 g/mol. The molecular formula is C17H24N2OS. The van der Waals surface area contributed by atoms with E-state index >= 15 is 0 Å². The van der Waals surface area contributed by atoms with E-state index in [0.29, 0.717) is 0 Å². The molecule has 3 nitrogen and oxygen atoms in total. The lowest BCUT2D eigenvalue weighted by molar-refractivity contribution is 0.274. The molecular weight excluding hydrogens is 280 g/mol. The molecule has 2 aromatic rings. The monoisotopic (exact) mass is 304 g/mol. The highest BCUT2D eigenvalue weighted by atomic mass is 32.1. The second-order valence-corrected chi connectivity index (χ2v) is 7.24. The smallest absolute Gasteiger partial charge is 0.183 e. The molecule has 4 heteroatoms. The highest BCUT2D eigenvalue weighted by Crippen LogP contribution is 2.32. The van der Waals surface area contributed by atoms with Gasteiger partial charge >= 0.3 is 0 Å². The average Bonchev–Trinajstić information content (AvgIpc) is 2.89. The molecule has 0 radical (unpaired) electrons. The Balaban J connectivity index is 1.55. The maximum Gasteiger partial charge on any atom is 0.183 e. The van der Waals surface area contributed by atoms with Gasteiger partial charge in [0, 0.05) is 6.54 Å². The van der Waals surface area contributed by atoms with Crippen LogP contribution in [-0.2, 0) is 0 Å². The molecule has 1 aliphatic rings. The van der Waals surface area contributed by atoms with E-state index in [0.717, 1.165) is 34.8 Å². The van der Waals surface area contributed by atoms with Crippen LogP contribution >= 0.6 is 11.3 Å². The van der Waals surface area contributed by atoms with Gasteiger partial charge in [0.2, 0.25) is 0 Å². The molecule has 0 aliphatic heterocycles. The molecule has 1 aromatic carbocycles. The number of ether oxygens (including phenoxy) is 1. The van der Waals surface area contributed by atoms with Crippen molar-refractivity contribution in [1.82, 2.24) is 4.98 Å². The summed E-state index contributed by atoms with van der Waals surface area (Å²) in [5.41, 5.74) is 1.05. The van der Waals surface area contributed by atoms with Gasteiger partial charge in [0.15, 0.2) is 5.13 Å². The lowest BCUT2D eigenvalue weighted by Gasteiger charge is -2.26. The number of hydrogen-bond donors (Lipinski definition) is 1. The van der Waals surface area contributed by atoms with E-state index in [1.54, 1.807) is 18.4 Å². The number of benzene rings is 1. The van der Waals surface area contributed by atoms with Gasteiger partial charge in [0.05, 0.1) is 17.3 Å². The Bertz CT molecular complexity index is 595. The third-order valence-electron chi connectivity index (χ3n) is 4.47. The fraction of sp³-hybridized carbons (Fsp3) is 0.588. The predicted molar refractivity (Wildman–Crippen MR) is 90.4 cm³/mol. The molecule has 21 heavy (non-hydrogen) atoms. The van der Waals surface area contributed by atoms with Crippen molar-refractivity contribution in [3.05, 3.63) is 18.2 Å². The summed E-state index contributed by atoms with van der Waals surface area (Å²) in [5, 5.41) is 4.53. The Morgan fingerprint density at radius 3 is 3.10 bits per heavy atom. The number of nitrogens with zero attached hydrogens (tertiary/aromatic N) is 1. The van der Waals surface area contributed by atoms with Gasteiger partial charge in [-0.1, -0.05) is 37.5 Å². The summed E-state index contributed by atoms with van der Waals surface area (Å²) in [6.07, 6.45) is 6.90. The standard InChI is InChI=1S/C17H24N2OS/c1-12-4-3-5-13(10-12)8-9-18-17-19-15-7-6-14(20-2)11-16(15)21-17/h6-7,11-13H,3-5,8-10H2,1-2H3,(H,18,19). The van der Waals surface area contributed by atoms with Crippen molar-refractivity contribution >= 4 is 26.7 Å². The number of fused-ring (bicyclic) bond motifs is 1. The van der Waals surface area contributed by atoms with E-state index in [4.69, 9.17) is 4.74 Å². The molecule has 3 rings (SSSR count). The summed E-state index contributed by atoms with van der Waals surface area (Å²) in [6.45, 7) is 3.43. The molecule has 114 valence electrons. The van der Waals surface area contributed by atoms with Crippen LogP contribution in [0, 0.1) is 11.8 Å². The number of aromatic nitrogens is 1. The number of hydrogen-bond acceptors (Lipinski definition) is 4. The second kappa shape index (κ2) is 6.65. The predicted octanol–water partition coefficient (Wildman–Crippen LogP) is 4.93. The summed E-state index contributed by atoms with van der Waals surface area (Å²) >= 11 is 1.71. The molecule has 1 fully saturated rings. The zero-order valence-electron chi connectivity index (χ0n) is 12.9. The molecule has 0 amide bonds. The van der Waals surface area contributed by atoms with Crippen molar-refractivity contribution in [1.29, 1.82) is 0 Å². The molecule has 0 saturated heterocycles. The molecule has 1 aliphatic carbocycles. The molecule has 2 atom stereocenters. The Morgan fingerprint density at radius 2 is 2.29 bits per heavy atom. The summed E-state index contributed by atoms with van der Waals surface area (Å²) in [6, 6.07) is 6.05. The lowest BCUT2D eigenvalue weighted by atomic mass is 9.81. The maximum atomic E-state index is 5.26. The number of rotatable bonds is 5. The SMILES string of the molecule is COc1ccc2nc(NCCC3CCCC(C)C3)sc2c1. The summed E-state index contributed by atoms with van der Waals surface area (Å²) in [4.78, 5) is 4.64. The lowest BCUT2D eigenvalue weighted by Crippen LogP contribution is -2.16. The largest absolute Gasteiger partial charge is 0.497 e. The minimum atomic E-state index is 0.897. The van der Waals surface area contributed by atoms with Gasteiger partial charge in [-0.15, -0.1) is 0 Å². The van der Waals surface area contributed by atoms with Crippen LogP contribution < -0.4 is 10.1 Å². The van der Waals surface area contributed by atoms with Crippen LogP contribution in [0.15, 0.2) is 18.2 Å². The van der Waals surface area contributed by atoms with Crippen LogP contribution in [-0.4, -0.2) is 18.6 Å². The fourth-order valence-electron chi connectivity index (χ4n) is 3.31. The van der Waals surface area contributed by atoms with Crippen molar-refractivity contribution < 1.29 is 4.74 Å². The van der Waals surface area contributed by atoms with Gasteiger partial charge < -0.3 is 10.1 Å². The third-order valence-corrected chi connectivity index (χ3v) is 5.45. The van der Waals surface area contributed by atoms with E-state index in [1.165, 1.54) is 36.8 Å². The summed E-state index contributed by atoms with van der Waals surface area (Å²) in [5.74, 6) is 2.71. The quantitative estimate of drug-likeness (QED) is 0.850. The van der Waals surface area contributed by atoms with E-state index < -0.39 is 0 Å². The Hall–Kier alpha value is -1.29. The second-order valence-electron chi connectivity index (χ2n) is 6.21. The minimum Gasteiger partial charge on any atom is -0.497 e. The van der Waals surface area contributed by atoms with Gasteiger partial charge in [0.1, 0.15) is 5.75 Å². The molecule has 1 heterocycles. The minimum absolute atomic E-state index is 0.897. The molecule has 1 saturated carbocycles. The Kier molecular flexibility index (Phi) is 4.63. The van der Waals surface area contributed by atoms with Crippen molar-refractivity contribution in [2.45, 2.75) is 39.0 Å². The van der Waals surface area contributed by atoms with Crippen LogP contribution in [0.3, 0.4) is 0 Å². The van der Waals surface area contributed by atoms with Gasteiger partial charge in [-0.05, 0) is 42.9 Å². The van der Waals surface area contributed by atoms with Crippen molar-refractivity contribution in [3.63, 3.8) is 0 Å². The first-order valence-electron chi connectivity index (χ1n) is 7.93. The summed E-state index contributed by atoms with van der Waals surface area (Å²) < 4.78 is 6.44. The highest BCUT2D eigenvalue weighted by molar-refractivity contribution is 7.22. The maximum absolute atomic E-state index is 5.26. The van der Waals surface area contributed by atoms with Crippen LogP contribution in [0.1, 0.15) is 39.0 Å². The summed E-state index contributed by atoms with van der Waals surface area (Å²) in [7, 11) is 1.70. The van der Waals surface area contributed by atoms with Crippen LogP contribution in [0.25, 0.3) is 10.2 Å². The normalized spacial score (nSPS) is 22.4. The Labute approximate surface area is 130 Å². The van der Waals surface area contributed by atoms with E-state index in [1.807, 2.05) is 12.1 Å². The highest BCUT2D eigenvalue weighted by Gasteiger charge is 2.18. The van der Waals surface area contributed by atoms with Gasteiger partial charge in [0.25, 0.3) is 0 Å². The zero-order valence-corrected chi connectivity index (χ0v) is 13.7. The number of nitrogens with one attached hydrogen (secondary N) is 1. The molecule has 1 N–H and O–H groups in total. The molecule has 0 bridgehead atoms. The van der Waals surface area contributed by atoms with Crippen molar-refractivity contribution in [2.24, 2.45) is 11.8 Å². The number of methoxy groups -OCH3 is 1. The van der Waals surface area contributed by atoms with E-state index in [-0.39, 0.29) is 0 Å². The Morgan fingerprint density at radius 1 is 1.38 bits per heavy atom. The third kappa shape index (κ3) is 3.67. The van der Waals surface area contributed by atoms with Gasteiger partial charge in [-0.3, -0.25) is 0 Å². The molecule has 1 aromatic heterocycles. The van der Waals surface area contributed by atoms with Gasteiger partial charge in [-0.2, -0.15) is 0 Å². The van der Waals surface area contributed by atoms with Crippen molar-refractivity contribution in [2.75, 3.05) is 19.0 Å².